The van der Waals surface area contributed by atoms with E-state index < -0.39 is 0 Å². The first-order valence-corrected chi connectivity index (χ1v) is 6.29. The van der Waals surface area contributed by atoms with Gasteiger partial charge in [0.25, 0.3) is 0 Å². The van der Waals surface area contributed by atoms with E-state index in [1.807, 2.05) is 54.6 Å². The Bertz CT molecular complexity index is 628. The van der Waals surface area contributed by atoms with Gasteiger partial charge in [0.1, 0.15) is 0 Å². The monoisotopic (exact) mass is 265 g/mol. The van der Waals surface area contributed by atoms with Crippen LogP contribution in [0.2, 0.25) is 0 Å². The number of hydrogen-bond acceptors (Lipinski definition) is 2. The first kappa shape index (κ1) is 13.7. The van der Waals surface area contributed by atoms with Crippen LogP contribution in [-0.4, -0.2) is 12.2 Å². The zero-order valence-corrected chi connectivity index (χ0v) is 11.2. The zero-order valence-electron chi connectivity index (χ0n) is 11.2. The summed E-state index contributed by atoms with van der Waals surface area (Å²) in [6.07, 6.45) is 2.27. The van der Waals surface area contributed by atoms with Gasteiger partial charge < -0.3 is 5.32 Å². The lowest BCUT2D eigenvalue weighted by Crippen LogP contribution is -2.19. The molecule has 0 unspecified atom stereocenters. The predicted molar refractivity (Wildman–Crippen MR) is 79.7 cm³/mol. The number of hydrogen-bond donors (Lipinski definition) is 1. The average Bonchev–Trinajstić information content (AvgIpc) is 2.48. The summed E-state index contributed by atoms with van der Waals surface area (Å²) in [4.78, 5) is 21.8. The number of benzene rings is 2. The normalized spacial score (nSPS) is 10.9. The van der Waals surface area contributed by atoms with Crippen LogP contribution in [0.4, 0.5) is 0 Å². The fraction of sp³-hybridized carbons (Fsp3) is 0.0588. The maximum Gasteiger partial charge on any atom is 0.221 e. The number of nitrogens with one attached hydrogen (secondary N) is 1. The predicted octanol–water partition coefficient (Wildman–Crippen LogP) is 3.03. The van der Waals surface area contributed by atoms with E-state index in [2.05, 4.69) is 5.32 Å². The highest BCUT2D eigenvalue weighted by atomic mass is 16.2. The Morgan fingerprint density at radius 2 is 1.55 bits per heavy atom. The summed E-state index contributed by atoms with van der Waals surface area (Å²) in [7, 11) is 0. The molecule has 20 heavy (non-hydrogen) atoms. The van der Waals surface area contributed by atoms with Crippen LogP contribution in [0.25, 0.3) is 17.2 Å². The van der Waals surface area contributed by atoms with Crippen LogP contribution < -0.4 is 5.32 Å². The minimum Gasteiger partial charge on any atom is -0.324 e. The molecule has 100 valence electrons. The first-order chi connectivity index (χ1) is 9.69. The van der Waals surface area contributed by atoms with Gasteiger partial charge >= 0.3 is 0 Å². The third-order valence-corrected chi connectivity index (χ3v) is 2.79. The van der Waals surface area contributed by atoms with Crippen LogP contribution in [0.5, 0.6) is 0 Å². The molecule has 0 aromatic heterocycles. The highest BCUT2D eigenvalue weighted by Gasteiger charge is 2.00. The van der Waals surface area contributed by atoms with Gasteiger partial charge in [-0.1, -0.05) is 54.6 Å². The molecule has 0 fully saturated rings. The van der Waals surface area contributed by atoms with Crippen molar-refractivity contribution in [1.82, 2.24) is 5.32 Å². The maximum atomic E-state index is 10.9. The largest absolute Gasteiger partial charge is 0.324 e. The number of allylic oxidation sites excluding steroid dienone is 1. The number of amides is 1. The molecule has 0 aliphatic heterocycles. The molecular weight excluding hydrogens is 250 g/mol. The fourth-order valence-corrected chi connectivity index (χ4v) is 1.88. The number of aldehydes is 1. The lowest BCUT2D eigenvalue weighted by atomic mass is 10.0. The van der Waals surface area contributed by atoms with Gasteiger partial charge in [-0.15, -0.1) is 0 Å². The van der Waals surface area contributed by atoms with E-state index in [4.69, 9.17) is 0 Å². The van der Waals surface area contributed by atoms with Crippen molar-refractivity contribution in [2.45, 2.75) is 6.92 Å². The van der Waals surface area contributed by atoms with E-state index in [9.17, 15) is 9.59 Å². The molecule has 2 aromatic carbocycles. The Morgan fingerprint density at radius 3 is 2.10 bits per heavy atom. The second kappa shape index (κ2) is 6.48. The second-order valence-electron chi connectivity index (χ2n) is 4.39. The Balaban J connectivity index is 2.22. The molecule has 0 heterocycles. The van der Waals surface area contributed by atoms with Crippen molar-refractivity contribution in [3.63, 3.8) is 0 Å². The van der Waals surface area contributed by atoms with Crippen LogP contribution in [0.3, 0.4) is 0 Å². The van der Waals surface area contributed by atoms with Crippen molar-refractivity contribution < 1.29 is 9.59 Å². The van der Waals surface area contributed by atoms with Crippen LogP contribution in [0, 0.1) is 0 Å². The molecule has 0 saturated heterocycles. The van der Waals surface area contributed by atoms with E-state index in [1.54, 1.807) is 6.08 Å². The van der Waals surface area contributed by atoms with Crippen LogP contribution in [0.15, 0.2) is 60.3 Å². The van der Waals surface area contributed by atoms with E-state index in [0.717, 1.165) is 16.7 Å². The Labute approximate surface area is 117 Å². The van der Waals surface area contributed by atoms with Gasteiger partial charge in [-0.05, 0) is 22.8 Å². The molecule has 0 bridgehead atoms. The maximum absolute atomic E-state index is 10.9. The van der Waals surface area contributed by atoms with Gasteiger partial charge in [-0.3, -0.25) is 9.59 Å². The van der Waals surface area contributed by atoms with Crippen molar-refractivity contribution in [3.05, 3.63) is 65.9 Å². The summed E-state index contributed by atoms with van der Waals surface area (Å²) in [6, 6.07) is 17.8. The topological polar surface area (TPSA) is 46.2 Å². The van der Waals surface area contributed by atoms with Gasteiger partial charge in [-0.25, -0.2) is 0 Å². The molecule has 0 atom stereocenters. The third-order valence-electron chi connectivity index (χ3n) is 2.79. The molecule has 0 spiro atoms. The van der Waals surface area contributed by atoms with Crippen molar-refractivity contribution in [3.8, 4) is 11.1 Å². The Kier molecular flexibility index (Phi) is 4.45. The zero-order chi connectivity index (χ0) is 14.4. The molecule has 0 saturated carbocycles. The first-order valence-electron chi connectivity index (χ1n) is 6.29. The highest BCUT2D eigenvalue weighted by molar-refractivity contribution is 5.89. The summed E-state index contributed by atoms with van der Waals surface area (Å²) in [5.41, 5.74) is 3.36. The van der Waals surface area contributed by atoms with Crippen molar-refractivity contribution >= 4 is 18.3 Å². The summed E-state index contributed by atoms with van der Waals surface area (Å²) < 4.78 is 0. The second-order valence-corrected chi connectivity index (χ2v) is 4.39. The Hall–Kier alpha value is -2.68. The summed E-state index contributed by atoms with van der Waals surface area (Å²) in [5.74, 6) is -0.260. The summed E-state index contributed by atoms with van der Waals surface area (Å²) >= 11 is 0. The van der Waals surface area contributed by atoms with Crippen LogP contribution >= 0.6 is 0 Å². The molecule has 1 amide bonds. The molecule has 0 radical (unpaired) electrons. The molecule has 3 nitrogen and oxygen atoms in total. The molecule has 1 N–H and O–H groups in total. The number of carbonyl (C=O) groups is 2. The van der Waals surface area contributed by atoms with Gasteiger partial charge in [0, 0.05) is 6.92 Å². The van der Waals surface area contributed by atoms with Gasteiger partial charge in [0.05, 0.1) is 5.70 Å². The number of carbonyl (C=O) groups excluding carboxylic acids is 2. The molecule has 3 heteroatoms. The van der Waals surface area contributed by atoms with Gasteiger partial charge in [0.15, 0.2) is 6.29 Å². The molecular formula is C17H15NO2. The van der Waals surface area contributed by atoms with E-state index in [0.29, 0.717) is 6.29 Å². The number of rotatable bonds is 4. The van der Waals surface area contributed by atoms with Crippen LogP contribution in [-0.2, 0) is 9.59 Å². The fourth-order valence-electron chi connectivity index (χ4n) is 1.88. The molecule has 2 rings (SSSR count). The summed E-state index contributed by atoms with van der Waals surface area (Å²) in [6.45, 7) is 1.37. The Morgan fingerprint density at radius 1 is 0.950 bits per heavy atom. The van der Waals surface area contributed by atoms with E-state index in [1.165, 1.54) is 6.92 Å². The van der Waals surface area contributed by atoms with E-state index in [-0.39, 0.29) is 11.6 Å². The van der Waals surface area contributed by atoms with Gasteiger partial charge in [0.2, 0.25) is 5.91 Å². The smallest absolute Gasteiger partial charge is 0.221 e. The SMILES string of the molecule is CC(=O)N/C(C=O)=C/c1ccc(-c2ccccc2)cc1. The van der Waals surface area contributed by atoms with Crippen LogP contribution in [0.1, 0.15) is 12.5 Å². The minimum absolute atomic E-state index is 0.255. The standard InChI is InChI=1S/C17H15NO2/c1-13(20)18-17(12-19)11-14-7-9-16(10-8-14)15-5-3-2-4-6-15/h2-12H,1H3,(H,18,20)/b17-11+. The van der Waals surface area contributed by atoms with Crippen molar-refractivity contribution in [1.29, 1.82) is 0 Å². The third kappa shape index (κ3) is 3.65. The molecule has 2 aromatic rings. The molecule has 0 aliphatic rings. The average molecular weight is 265 g/mol. The lowest BCUT2D eigenvalue weighted by molar-refractivity contribution is -0.119. The van der Waals surface area contributed by atoms with Crippen molar-refractivity contribution in [2.24, 2.45) is 0 Å². The summed E-state index contributed by atoms with van der Waals surface area (Å²) in [5, 5.41) is 2.48. The van der Waals surface area contributed by atoms with E-state index >= 15 is 0 Å². The van der Waals surface area contributed by atoms with Gasteiger partial charge in [-0.2, -0.15) is 0 Å². The quantitative estimate of drug-likeness (QED) is 0.682. The van der Waals surface area contributed by atoms with Crippen molar-refractivity contribution in [2.75, 3.05) is 0 Å². The lowest BCUT2D eigenvalue weighted by Gasteiger charge is -2.03. The molecule has 0 aliphatic carbocycles. The minimum atomic E-state index is -0.260. The highest BCUT2D eigenvalue weighted by Crippen LogP contribution is 2.19.